The SMILES string of the molecule is CC(Sc1ccc(NC(=O)/C(=C/c2cccs2)NC(=O)c2ccccc2)cc1)C(=O)Nc1ccccc1Cl. The summed E-state index contributed by atoms with van der Waals surface area (Å²) in [7, 11) is 0. The van der Waals surface area contributed by atoms with Crippen LogP contribution < -0.4 is 16.0 Å². The van der Waals surface area contributed by atoms with Crippen LogP contribution in [-0.4, -0.2) is 23.0 Å². The van der Waals surface area contributed by atoms with E-state index in [9.17, 15) is 14.4 Å². The summed E-state index contributed by atoms with van der Waals surface area (Å²) >= 11 is 8.97. The van der Waals surface area contributed by atoms with E-state index in [2.05, 4.69) is 16.0 Å². The highest BCUT2D eigenvalue weighted by atomic mass is 35.5. The van der Waals surface area contributed by atoms with Gasteiger partial charge in [0, 0.05) is 21.0 Å². The fourth-order valence-electron chi connectivity index (χ4n) is 3.33. The van der Waals surface area contributed by atoms with Crippen LogP contribution >= 0.6 is 34.7 Å². The van der Waals surface area contributed by atoms with Crippen LogP contribution in [0.5, 0.6) is 0 Å². The van der Waals surface area contributed by atoms with E-state index in [0.717, 1.165) is 9.77 Å². The quantitative estimate of drug-likeness (QED) is 0.153. The number of anilines is 2. The predicted octanol–water partition coefficient (Wildman–Crippen LogP) is 6.93. The van der Waals surface area contributed by atoms with Crippen LogP contribution in [0.2, 0.25) is 5.02 Å². The van der Waals surface area contributed by atoms with Gasteiger partial charge in [-0.05, 0) is 73.0 Å². The second kappa shape index (κ2) is 13.1. The third kappa shape index (κ3) is 7.58. The highest BCUT2D eigenvalue weighted by molar-refractivity contribution is 8.00. The summed E-state index contributed by atoms with van der Waals surface area (Å²) in [4.78, 5) is 40.1. The normalized spacial score (nSPS) is 11.9. The zero-order valence-corrected chi connectivity index (χ0v) is 22.7. The number of carbonyl (C=O) groups excluding carboxylic acids is 3. The Bertz CT molecular complexity index is 1440. The summed E-state index contributed by atoms with van der Waals surface area (Å²) < 4.78 is 0. The number of rotatable bonds is 9. The number of hydrogen-bond acceptors (Lipinski definition) is 5. The molecule has 4 aromatic rings. The minimum atomic E-state index is -0.449. The van der Waals surface area contributed by atoms with Gasteiger partial charge in [-0.25, -0.2) is 0 Å². The maximum absolute atomic E-state index is 13.1. The molecule has 0 aliphatic rings. The number of hydrogen-bond donors (Lipinski definition) is 3. The highest BCUT2D eigenvalue weighted by Crippen LogP contribution is 2.27. The first-order chi connectivity index (χ1) is 18.4. The summed E-state index contributed by atoms with van der Waals surface area (Å²) in [6.45, 7) is 1.81. The molecule has 3 N–H and O–H groups in total. The molecule has 0 fully saturated rings. The van der Waals surface area contributed by atoms with Crippen LogP contribution in [0.4, 0.5) is 11.4 Å². The van der Waals surface area contributed by atoms with E-state index >= 15 is 0 Å². The maximum Gasteiger partial charge on any atom is 0.272 e. The minimum absolute atomic E-state index is 0.129. The lowest BCUT2D eigenvalue weighted by molar-refractivity contribution is -0.115. The first kappa shape index (κ1) is 27.2. The molecule has 1 atom stereocenters. The molecular formula is C29H24ClN3O3S2. The Hall–Kier alpha value is -3.85. The second-order valence-electron chi connectivity index (χ2n) is 8.10. The Balaban J connectivity index is 1.40. The van der Waals surface area contributed by atoms with Gasteiger partial charge in [0.1, 0.15) is 5.70 Å². The van der Waals surface area contributed by atoms with Crippen molar-refractivity contribution < 1.29 is 14.4 Å². The summed E-state index contributed by atoms with van der Waals surface area (Å²) in [5.74, 6) is -0.993. The Kier molecular flexibility index (Phi) is 9.37. The molecule has 192 valence electrons. The number of thiophene rings is 1. The molecule has 0 saturated carbocycles. The van der Waals surface area contributed by atoms with E-state index in [-0.39, 0.29) is 22.8 Å². The molecule has 0 radical (unpaired) electrons. The van der Waals surface area contributed by atoms with Gasteiger partial charge in [-0.15, -0.1) is 23.1 Å². The van der Waals surface area contributed by atoms with Gasteiger partial charge in [0.15, 0.2) is 0 Å². The zero-order valence-electron chi connectivity index (χ0n) is 20.3. The Morgan fingerprint density at radius 3 is 2.26 bits per heavy atom. The number of amides is 3. The molecule has 1 heterocycles. The standard InChI is InChI=1S/C29H24ClN3O3S2/c1-19(27(34)32-25-12-6-5-11-24(25)30)38-22-15-13-21(14-16-22)31-29(36)26(18-23-10-7-17-37-23)33-28(35)20-8-3-2-4-9-20/h2-19H,1H3,(H,31,36)(H,32,34)(H,33,35)/b26-18-. The van der Waals surface area contributed by atoms with Crippen molar-refractivity contribution in [2.45, 2.75) is 17.1 Å². The average Bonchev–Trinajstić information content (AvgIpc) is 3.44. The summed E-state index contributed by atoms with van der Waals surface area (Å²) in [5, 5.41) is 10.4. The molecule has 4 rings (SSSR count). The number of halogens is 1. The maximum atomic E-state index is 13.1. The van der Waals surface area contributed by atoms with Crippen LogP contribution in [0.1, 0.15) is 22.2 Å². The van der Waals surface area contributed by atoms with E-state index in [1.54, 1.807) is 66.7 Å². The van der Waals surface area contributed by atoms with E-state index in [1.807, 2.05) is 42.6 Å². The number of thioether (sulfide) groups is 1. The largest absolute Gasteiger partial charge is 0.324 e. The lowest BCUT2D eigenvalue weighted by Crippen LogP contribution is -2.30. The van der Waals surface area contributed by atoms with Gasteiger partial charge >= 0.3 is 0 Å². The van der Waals surface area contributed by atoms with Crippen LogP contribution in [-0.2, 0) is 9.59 Å². The molecule has 38 heavy (non-hydrogen) atoms. The van der Waals surface area contributed by atoms with E-state index in [1.165, 1.54) is 23.1 Å². The van der Waals surface area contributed by atoms with Crippen molar-refractivity contribution in [2.75, 3.05) is 10.6 Å². The third-order valence-electron chi connectivity index (χ3n) is 5.28. The lowest BCUT2D eigenvalue weighted by Gasteiger charge is -2.14. The van der Waals surface area contributed by atoms with Crippen LogP contribution in [0.25, 0.3) is 6.08 Å². The molecule has 1 unspecified atom stereocenters. The van der Waals surface area contributed by atoms with Crippen molar-refractivity contribution in [3.63, 3.8) is 0 Å². The molecule has 9 heteroatoms. The van der Waals surface area contributed by atoms with Crippen molar-refractivity contribution in [3.8, 4) is 0 Å². The van der Waals surface area contributed by atoms with Crippen LogP contribution in [0.15, 0.2) is 107 Å². The van der Waals surface area contributed by atoms with Gasteiger partial charge in [0.05, 0.1) is 16.0 Å². The highest BCUT2D eigenvalue weighted by Gasteiger charge is 2.17. The molecule has 1 aromatic heterocycles. The summed E-state index contributed by atoms with van der Waals surface area (Å²) in [6, 6.07) is 26.7. The molecule has 0 aliphatic heterocycles. The molecular weight excluding hydrogens is 538 g/mol. The minimum Gasteiger partial charge on any atom is -0.324 e. The van der Waals surface area contributed by atoms with Crippen molar-refractivity contribution >= 4 is 69.9 Å². The number of benzene rings is 3. The number of nitrogens with one attached hydrogen (secondary N) is 3. The molecule has 3 amide bonds. The predicted molar refractivity (Wildman–Crippen MR) is 157 cm³/mol. The average molecular weight is 562 g/mol. The Morgan fingerprint density at radius 1 is 0.868 bits per heavy atom. The van der Waals surface area contributed by atoms with Crippen molar-refractivity contribution in [2.24, 2.45) is 0 Å². The summed E-state index contributed by atoms with van der Waals surface area (Å²) in [5.41, 5.74) is 1.70. The molecule has 0 spiro atoms. The van der Waals surface area contributed by atoms with Gasteiger partial charge < -0.3 is 16.0 Å². The molecule has 0 aliphatic carbocycles. The number of para-hydroxylation sites is 1. The first-order valence-corrected chi connectivity index (χ1v) is 13.8. The van der Waals surface area contributed by atoms with Crippen molar-refractivity contribution in [1.82, 2.24) is 5.32 Å². The van der Waals surface area contributed by atoms with Gasteiger partial charge in [-0.1, -0.05) is 48.0 Å². The molecule has 0 bridgehead atoms. The smallest absolute Gasteiger partial charge is 0.272 e. The zero-order chi connectivity index (χ0) is 26.9. The Morgan fingerprint density at radius 2 is 1.58 bits per heavy atom. The second-order valence-corrected chi connectivity index (χ2v) is 10.9. The fraction of sp³-hybridized carbons (Fsp3) is 0.0690. The van der Waals surface area contributed by atoms with Gasteiger partial charge in [-0.3, -0.25) is 14.4 Å². The van der Waals surface area contributed by atoms with Gasteiger partial charge in [-0.2, -0.15) is 0 Å². The lowest BCUT2D eigenvalue weighted by atomic mass is 10.2. The fourth-order valence-corrected chi connectivity index (χ4v) is 5.04. The first-order valence-electron chi connectivity index (χ1n) is 11.6. The monoisotopic (exact) mass is 561 g/mol. The topological polar surface area (TPSA) is 87.3 Å². The van der Waals surface area contributed by atoms with E-state index < -0.39 is 5.91 Å². The molecule has 3 aromatic carbocycles. The van der Waals surface area contributed by atoms with Gasteiger partial charge in [0.2, 0.25) is 5.91 Å². The third-order valence-corrected chi connectivity index (χ3v) is 7.55. The van der Waals surface area contributed by atoms with Crippen molar-refractivity contribution in [3.05, 3.63) is 118 Å². The van der Waals surface area contributed by atoms with Crippen LogP contribution in [0, 0.1) is 0 Å². The summed E-state index contributed by atoms with van der Waals surface area (Å²) in [6.07, 6.45) is 1.64. The molecule has 0 saturated heterocycles. The number of carbonyl (C=O) groups is 3. The van der Waals surface area contributed by atoms with E-state index in [0.29, 0.717) is 22.0 Å². The Labute approximate surface area is 234 Å². The van der Waals surface area contributed by atoms with Gasteiger partial charge in [0.25, 0.3) is 11.8 Å². The van der Waals surface area contributed by atoms with Crippen LogP contribution in [0.3, 0.4) is 0 Å². The van der Waals surface area contributed by atoms with Crippen molar-refractivity contribution in [1.29, 1.82) is 0 Å². The van der Waals surface area contributed by atoms with E-state index in [4.69, 9.17) is 11.6 Å². The molecule has 6 nitrogen and oxygen atoms in total.